The molecule has 0 N–H and O–H groups in total. The van der Waals surface area contributed by atoms with Gasteiger partial charge in [-0.25, -0.2) is 4.68 Å². The van der Waals surface area contributed by atoms with Crippen LogP contribution in [0.1, 0.15) is 47.1 Å². The first kappa shape index (κ1) is 32.5. The third kappa shape index (κ3) is 7.18. The molecule has 1 heterocycles. The predicted molar refractivity (Wildman–Crippen MR) is 186 cm³/mol. The molecule has 0 spiro atoms. The van der Waals surface area contributed by atoms with E-state index in [4.69, 9.17) is 25.6 Å². The van der Waals surface area contributed by atoms with Gasteiger partial charge in [-0.2, -0.15) is 5.10 Å². The van der Waals surface area contributed by atoms with Crippen LogP contribution in [0.3, 0.4) is 0 Å². The van der Waals surface area contributed by atoms with Crippen LogP contribution in [0.15, 0.2) is 83.9 Å². The highest BCUT2D eigenvalue weighted by Gasteiger charge is 2.41. The van der Waals surface area contributed by atoms with Crippen LogP contribution in [0.25, 0.3) is 16.9 Å². The second-order valence-corrected chi connectivity index (χ2v) is 24.8. The van der Waals surface area contributed by atoms with Gasteiger partial charge in [0.15, 0.2) is 0 Å². The second kappa shape index (κ2) is 12.3. The molecule has 3 aromatic carbocycles. The number of rotatable bonds is 9. The summed E-state index contributed by atoms with van der Waals surface area (Å²) in [5, 5.41) is 5.43. The Bertz CT molecular complexity index is 1520. The Kier molecular flexibility index (Phi) is 9.48. The van der Waals surface area contributed by atoms with Gasteiger partial charge >= 0.3 is 0 Å². The molecule has 42 heavy (non-hydrogen) atoms. The number of nitrogens with zero attached hydrogens (tertiary/aromatic N) is 2. The van der Waals surface area contributed by atoms with Gasteiger partial charge in [0.1, 0.15) is 11.5 Å². The fourth-order valence-corrected chi connectivity index (χ4v) is 7.14. The van der Waals surface area contributed by atoms with Gasteiger partial charge in [0.25, 0.3) is 8.32 Å². The molecule has 0 unspecified atom stereocenters. The van der Waals surface area contributed by atoms with Crippen LogP contribution in [0.4, 0.5) is 0 Å². The van der Waals surface area contributed by atoms with Gasteiger partial charge in [-0.3, -0.25) is 0 Å². The first-order valence-corrected chi connectivity index (χ1v) is 21.7. The topological polar surface area (TPSA) is 36.3 Å². The maximum Gasteiger partial charge on any atom is 0.250 e. The SMILES string of the molecule is CC(C)(C)[Si](C)(C)Oc1cc(O[Si](C)(C)C(C)(C)C)c(-c2ccnn2-c2ccccc2Cl)cc1CSc1ccccc1. The van der Waals surface area contributed by atoms with Crippen LogP contribution in [0, 0.1) is 0 Å². The van der Waals surface area contributed by atoms with Crippen molar-refractivity contribution in [3.05, 3.63) is 89.6 Å². The van der Waals surface area contributed by atoms with Crippen molar-refractivity contribution < 1.29 is 8.85 Å². The summed E-state index contributed by atoms with van der Waals surface area (Å²) in [6, 6.07) is 24.8. The minimum absolute atomic E-state index is 0.0233. The molecular formula is C34H45ClN2O2SSi2. The Morgan fingerprint density at radius 1 is 0.762 bits per heavy atom. The van der Waals surface area contributed by atoms with Gasteiger partial charge < -0.3 is 8.85 Å². The minimum Gasteiger partial charge on any atom is -0.543 e. The summed E-state index contributed by atoms with van der Waals surface area (Å²) in [7, 11) is -4.36. The van der Waals surface area contributed by atoms with E-state index in [0.717, 1.165) is 39.8 Å². The van der Waals surface area contributed by atoms with Crippen molar-refractivity contribution in [3.63, 3.8) is 0 Å². The maximum absolute atomic E-state index is 7.09. The van der Waals surface area contributed by atoms with Gasteiger partial charge in [0.05, 0.1) is 22.6 Å². The second-order valence-electron chi connectivity index (χ2n) is 13.9. The lowest BCUT2D eigenvalue weighted by atomic mass is 10.1. The van der Waals surface area contributed by atoms with Crippen molar-refractivity contribution in [1.82, 2.24) is 9.78 Å². The monoisotopic (exact) mass is 636 g/mol. The largest absolute Gasteiger partial charge is 0.543 e. The molecule has 4 rings (SSSR count). The Morgan fingerprint density at radius 3 is 1.93 bits per heavy atom. The third-order valence-corrected chi connectivity index (χ3v) is 18.7. The zero-order valence-corrected chi connectivity index (χ0v) is 30.3. The molecule has 0 amide bonds. The van der Waals surface area contributed by atoms with E-state index in [2.05, 4.69) is 110 Å². The molecule has 8 heteroatoms. The molecular weight excluding hydrogens is 592 g/mol. The Labute approximate surface area is 264 Å². The van der Waals surface area contributed by atoms with Crippen LogP contribution in [0.5, 0.6) is 11.5 Å². The van der Waals surface area contributed by atoms with Crippen LogP contribution >= 0.6 is 23.4 Å². The van der Waals surface area contributed by atoms with Crippen molar-refractivity contribution in [2.45, 2.75) is 88.5 Å². The van der Waals surface area contributed by atoms with Crippen LogP contribution < -0.4 is 8.85 Å². The van der Waals surface area contributed by atoms with Crippen LogP contribution in [-0.2, 0) is 5.75 Å². The Hall–Kier alpha value is -2.46. The van der Waals surface area contributed by atoms with E-state index in [1.807, 2.05) is 53.0 Å². The van der Waals surface area contributed by atoms with Crippen LogP contribution in [0.2, 0.25) is 41.3 Å². The molecule has 0 aliphatic carbocycles. The zero-order valence-electron chi connectivity index (χ0n) is 26.7. The number of aromatic nitrogens is 2. The average molecular weight is 637 g/mol. The first-order valence-electron chi connectivity index (χ1n) is 14.5. The lowest BCUT2D eigenvalue weighted by molar-refractivity contribution is 0.473. The van der Waals surface area contributed by atoms with E-state index in [9.17, 15) is 0 Å². The number of hydrogen-bond donors (Lipinski definition) is 0. The number of thioether (sulfide) groups is 1. The molecule has 0 saturated heterocycles. The van der Waals surface area contributed by atoms with Gasteiger partial charge in [0.2, 0.25) is 8.32 Å². The third-order valence-electron chi connectivity index (χ3n) is 8.64. The molecule has 0 saturated carbocycles. The highest BCUT2D eigenvalue weighted by molar-refractivity contribution is 7.98. The molecule has 0 bridgehead atoms. The van der Waals surface area contributed by atoms with Crippen molar-refractivity contribution >= 4 is 40.0 Å². The Balaban J connectivity index is 1.94. The summed E-state index contributed by atoms with van der Waals surface area (Å²) in [5.41, 5.74) is 3.89. The molecule has 0 radical (unpaired) electrons. The molecule has 0 aliphatic rings. The standard InChI is InChI=1S/C34H45ClN2O2SSi2/c1-33(2,3)41(7,8)38-31-23-32(39-42(9,10)34(4,5)6)27(22-25(31)24-40-26-16-12-11-13-17-26)29-20-21-36-37(29)30-19-15-14-18-28(30)35/h11-23H,24H2,1-10H3. The van der Waals surface area contributed by atoms with E-state index in [-0.39, 0.29) is 10.1 Å². The molecule has 4 nitrogen and oxygen atoms in total. The van der Waals surface area contributed by atoms with Crippen molar-refractivity contribution in [3.8, 4) is 28.4 Å². The van der Waals surface area contributed by atoms with E-state index in [1.165, 1.54) is 4.90 Å². The summed E-state index contributed by atoms with van der Waals surface area (Å²) in [5.74, 6) is 2.51. The van der Waals surface area contributed by atoms with Crippen molar-refractivity contribution in [2.24, 2.45) is 0 Å². The maximum atomic E-state index is 7.09. The van der Waals surface area contributed by atoms with E-state index in [1.54, 1.807) is 0 Å². The van der Waals surface area contributed by atoms with Gasteiger partial charge in [0, 0.05) is 27.8 Å². The number of hydrogen-bond acceptors (Lipinski definition) is 4. The van der Waals surface area contributed by atoms with Crippen LogP contribution in [-0.4, -0.2) is 26.4 Å². The number of para-hydroxylation sites is 1. The number of benzene rings is 3. The summed E-state index contributed by atoms with van der Waals surface area (Å²) in [4.78, 5) is 1.22. The fraction of sp³-hybridized carbons (Fsp3) is 0.382. The van der Waals surface area contributed by atoms with Crippen molar-refractivity contribution in [1.29, 1.82) is 0 Å². The summed E-state index contributed by atoms with van der Waals surface area (Å²) >= 11 is 8.48. The lowest BCUT2D eigenvalue weighted by Gasteiger charge is -2.39. The minimum atomic E-state index is -2.21. The van der Waals surface area contributed by atoms with E-state index in [0.29, 0.717) is 5.02 Å². The molecule has 4 aromatic rings. The zero-order chi connectivity index (χ0) is 30.9. The first-order chi connectivity index (χ1) is 19.5. The van der Waals surface area contributed by atoms with E-state index >= 15 is 0 Å². The molecule has 0 fully saturated rings. The van der Waals surface area contributed by atoms with Gasteiger partial charge in [-0.05, 0) is 72.7 Å². The average Bonchev–Trinajstić information content (AvgIpc) is 3.37. The molecule has 224 valence electrons. The summed E-state index contributed by atoms with van der Waals surface area (Å²) in [6.07, 6.45) is 1.83. The smallest absolute Gasteiger partial charge is 0.250 e. The molecule has 0 atom stereocenters. The summed E-state index contributed by atoms with van der Waals surface area (Å²) < 4.78 is 16.1. The molecule has 0 aliphatic heterocycles. The highest BCUT2D eigenvalue weighted by atomic mass is 35.5. The highest BCUT2D eigenvalue weighted by Crippen LogP contribution is 2.46. The van der Waals surface area contributed by atoms with E-state index < -0.39 is 16.6 Å². The normalized spacial score (nSPS) is 12.8. The predicted octanol–water partition coefficient (Wildman–Crippen LogP) is 11.3. The number of halogens is 1. The van der Waals surface area contributed by atoms with Gasteiger partial charge in [-0.1, -0.05) is 83.5 Å². The summed E-state index contributed by atoms with van der Waals surface area (Å²) in [6.45, 7) is 22.8. The van der Waals surface area contributed by atoms with Crippen molar-refractivity contribution in [2.75, 3.05) is 0 Å². The molecule has 1 aromatic heterocycles. The fourth-order valence-electron chi connectivity index (χ4n) is 3.95. The lowest BCUT2D eigenvalue weighted by Crippen LogP contribution is -2.44. The Morgan fingerprint density at radius 2 is 1.33 bits per heavy atom. The quantitative estimate of drug-likeness (QED) is 0.135. The van der Waals surface area contributed by atoms with Gasteiger partial charge in [-0.15, -0.1) is 11.8 Å².